The summed E-state index contributed by atoms with van der Waals surface area (Å²) in [4.78, 5) is 28.3. The lowest BCUT2D eigenvalue weighted by Gasteiger charge is -2.16. The quantitative estimate of drug-likeness (QED) is 0.559. The van der Waals surface area contributed by atoms with Crippen LogP contribution in [0.2, 0.25) is 0 Å². The normalized spacial score (nSPS) is 13.9. The molecule has 3 aromatic rings. The first-order valence-electron chi connectivity index (χ1n) is 10.5. The molecule has 0 aliphatic carbocycles. The summed E-state index contributed by atoms with van der Waals surface area (Å²) in [5, 5.41) is 3.26. The molecular weight excluding hydrogens is 384 g/mol. The van der Waals surface area contributed by atoms with Gasteiger partial charge in [-0.15, -0.1) is 0 Å². The predicted octanol–water partition coefficient (Wildman–Crippen LogP) is 5.57. The molecule has 4 nitrogen and oxygen atoms in total. The van der Waals surface area contributed by atoms with E-state index in [0.717, 1.165) is 39.9 Å². The van der Waals surface area contributed by atoms with Crippen molar-refractivity contribution in [3.63, 3.8) is 0 Å². The summed E-state index contributed by atoms with van der Waals surface area (Å²) in [7, 11) is 0. The van der Waals surface area contributed by atoms with Crippen molar-refractivity contribution in [2.75, 3.05) is 10.2 Å². The van der Waals surface area contributed by atoms with Gasteiger partial charge in [0.15, 0.2) is 0 Å². The number of imide groups is 1. The zero-order valence-corrected chi connectivity index (χ0v) is 18.3. The van der Waals surface area contributed by atoms with Crippen molar-refractivity contribution >= 4 is 28.8 Å². The number of aryl methyl sites for hydroxylation is 4. The number of carbonyl (C=O) groups excluding carboxylic acids is 2. The van der Waals surface area contributed by atoms with Gasteiger partial charge in [0.25, 0.3) is 11.8 Å². The van der Waals surface area contributed by atoms with Gasteiger partial charge in [0.05, 0.1) is 11.3 Å². The standard InChI is InChI=1S/C27H26N2O2/c1-5-20-11-14-22(15-12-20)29-26(30)24(21-13-10-17(2)19(4)16-21)25(27(29)31)28-23-9-7-6-8-18(23)3/h6-16,28H,5H2,1-4H3. The molecule has 0 spiro atoms. The third kappa shape index (κ3) is 3.77. The topological polar surface area (TPSA) is 49.4 Å². The van der Waals surface area contributed by atoms with E-state index >= 15 is 0 Å². The van der Waals surface area contributed by atoms with Gasteiger partial charge in [-0.25, -0.2) is 4.90 Å². The molecule has 0 fully saturated rings. The molecule has 1 aliphatic rings. The number of hydrogen-bond acceptors (Lipinski definition) is 3. The number of amides is 2. The molecule has 3 aromatic carbocycles. The van der Waals surface area contributed by atoms with E-state index in [1.807, 2.05) is 87.5 Å². The number of carbonyl (C=O) groups is 2. The molecule has 2 amide bonds. The van der Waals surface area contributed by atoms with Gasteiger partial charge < -0.3 is 5.32 Å². The first-order chi connectivity index (χ1) is 14.9. The summed E-state index contributed by atoms with van der Waals surface area (Å²) in [6, 6.07) is 21.2. The van der Waals surface area contributed by atoms with Crippen molar-refractivity contribution in [2.45, 2.75) is 34.1 Å². The Morgan fingerprint density at radius 2 is 1.48 bits per heavy atom. The number of rotatable bonds is 5. The maximum Gasteiger partial charge on any atom is 0.282 e. The van der Waals surface area contributed by atoms with Crippen LogP contribution in [-0.2, 0) is 16.0 Å². The molecule has 0 saturated heterocycles. The third-order valence-corrected chi connectivity index (χ3v) is 5.89. The fraction of sp³-hybridized carbons (Fsp3) is 0.185. The van der Waals surface area contributed by atoms with Crippen molar-refractivity contribution in [3.8, 4) is 0 Å². The smallest absolute Gasteiger partial charge is 0.282 e. The fourth-order valence-electron chi connectivity index (χ4n) is 3.77. The minimum absolute atomic E-state index is 0.308. The molecule has 0 aromatic heterocycles. The average molecular weight is 411 g/mol. The highest BCUT2D eigenvalue weighted by molar-refractivity contribution is 6.46. The van der Waals surface area contributed by atoms with Gasteiger partial charge in [-0.1, -0.05) is 55.5 Å². The average Bonchev–Trinajstić information content (AvgIpc) is 3.01. The monoisotopic (exact) mass is 410 g/mol. The second-order valence-corrected chi connectivity index (χ2v) is 7.95. The number of para-hydroxylation sites is 1. The minimum atomic E-state index is -0.342. The molecule has 1 N–H and O–H groups in total. The van der Waals surface area contributed by atoms with Crippen LogP contribution in [0, 0.1) is 20.8 Å². The highest BCUT2D eigenvalue weighted by Gasteiger charge is 2.40. The Morgan fingerprint density at radius 3 is 2.13 bits per heavy atom. The van der Waals surface area contributed by atoms with Gasteiger partial charge in [-0.3, -0.25) is 9.59 Å². The lowest BCUT2D eigenvalue weighted by Crippen LogP contribution is -2.32. The van der Waals surface area contributed by atoms with Crippen LogP contribution < -0.4 is 10.2 Å². The third-order valence-electron chi connectivity index (χ3n) is 5.89. The Labute approximate surface area is 183 Å². The van der Waals surface area contributed by atoms with E-state index in [2.05, 4.69) is 12.2 Å². The van der Waals surface area contributed by atoms with Crippen molar-refractivity contribution in [2.24, 2.45) is 0 Å². The number of nitrogens with zero attached hydrogens (tertiary/aromatic N) is 1. The van der Waals surface area contributed by atoms with Crippen LogP contribution in [0.4, 0.5) is 11.4 Å². The maximum absolute atomic E-state index is 13.6. The van der Waals surface area contributed by atoms with Gasteiger partial charge in [0, 0.05) is 5.69 Å². The molecule has 4 heteroatoms. The first kappa shape index (κ1) is 20.6. The number of benzene rings is 3. The second-order valence-electron chi connectivity index (χ2n) is 7.95. The Balaban J connectivity index is 1.84. The summed E-state index contributed by atoms with van der Waals surface area (Å²) in [5.74, 6) is -0.653. The summed E-state index contributed by atoms with van der Waals surface area (Å²) < 4.78 is 0. The Hall–Kier alpha value is -3.66. The van der Waals surface area contributed by atoms with E-state index < -0.39 is 0 Å². The van der Waals surface area contributed by atoms with Gasteiger partial charge >= 0.3 is 0 Å². The van der Waals surface area contributed by atoms with Crippen molar-refractivity contribution < 1.29 is 9.59 Å². The Bertz CT molecular complexity index is 1210. The van der Waals surface area contributed by atoms with Crippen LogP contribution in [0.25, 0.3) is 5.57 Å². The molecular formula is C27H26N2O2. The molecule has 1 aliphatic heterocycles. The summed E-state index contributed by atoms with van der Waals surface area (Å²) >= 11 is 0. The van der Waals surface area contributed by atoms with Crippen molar-refractivity contribution in [1.29, 1.82) is 0 Å². The highest BCUT2D eigenvalue weighted by Crippen LogP contribution is 2.35. The SMILES string of the molecule is CCc1ccc(N2C(=O)C(Nc3ccccc3C)=C(c3ccc(C)c(C)c3)C2=O)cc1. The molecule has 0 bridgehead atoms. The Morgan fingerprint density at radius 1 is 0.774 bits per heavy atom. The van der Waals surface area contributed by atoms with E-state index in [9.17, 15) is 9.59 Å². The molecule has 4 rings (SSSR count). The maximum atomic E-state index is 13.6. The molecule has 0 unspecified atom stereocenters. The zero-order valence-electron chi connectivity index (χ0n) is 18.3. The van der Waals surface area contributed by atoms with Crippen LogP contribution in [0.15, 0.2) is 72.4 Å². The zero-order chi connectivity index (χ0) is 22.1. The molecule has 0 radical (unpaired) electrons. The van der Waals surface area contributed by atoms with E-state index in [1.54, 1.807) is 0 Å². The Kier molecular flexibility index (Phi) is 5.47. The van der Waals surface area contributed by atoms with E-state index in [0.29, 0.717) is 17.0 Å². The molecule has 1 heterocycles. The predicted molar refractivity (Wildman–Crippen MR) is 126 cm³/mol. The first-order valence-corrected chi connectivity index (χ1v) is 10.5. The van der Waals surface area contributed by atoms with Crippen LogP contribution in [0.3, 0.4) is 0 Å². The van der Waals surface area contributed by atoms with E-state index in [1.165, 1.54) is 4.90 Å². The van der Waals surface area contributed by atoms with Crippen LogP contribution in [0.1, 0.15) is 34.7 Å². The van der Waals surface area contributed by atoms with Gasteiger partial charge in [0.1, 0.15) is 5.70 Å². The fourth-order valence-corrected chi connectivity index (χ4v) is 3.77. The molecule has 31 heavy (non-hydrogen) atoms. The number of anilines is 2. The lowest BCUT2D eigenvalue weighted by atomic mass is 9.99. The molecule has 0 atom stereocenters. The minimum Gasteiger partial charge on any atom is -0.350 e. The van der Waals surface area contributed by atoms with Crippen molar-refractivity contribution in [3.05, 3.63) is 100 Å². The largest absolute Gasteiger partial charge is 0.350 e. The van der Waals surface area contributed by atoms with E-state index in [4.69, 9.17) is 0 Å². The van der Waals surface area contributed by atoms with Gasteiger partial charge in [-0.2, -0.15) is 0 Å². The summed E-state index contributed by atoms with van der Waals surface area (Å²) in [6.07, 6.45) is 0.897. The van der Waals surface area contributed by atoms with Crippen LogP contribution in [-0.4, -0.2) is 11.8 Å². The summed E-state index contributed by atoms with van der Waals surface area (Å²) in [5.41, 5.74) is 7.21. The highest BCUT2D eigenvalue weighted by atomic mass is 16.2. The van der Waals surface area contributed by atoms with Gasteiger partial charge in [0.2, 0.25) is 0 Å². The second kappa shape index (κ2) is 8.23. The van der Waals surface area contributed by atoms with E-state index in [-0.39, 0.29) is 11.8 Å². The van der Waals surface area contributed by atoms with Crippen LogP contribution in [0.5, 0.6) is 0 Å². The molecule has 0 saturated carbocycles. The van der Waals surface area contributed by atoms with Crippen LogP contribution >= 0.6 is 0 Å². The number of nitrogens with one attached hydrogen (secondary N) is 1. The van der Waals surface area contributed by atoms with Crippen molar-refractivity contribution in [1.82, 2.24) is 0 Å². The number of hydrogen-bond donors (Lipinski definition) is 1. The lowest BCUT2D eigenvalue weighted by molar-refractivity contribution is -0.120. The summed E-state index contributed by atoms with van der Waals surface area (Å²) in [6.45, 7) is 8.09. The van der Waals surface area contributed by atoms with Gasteiger partial charge in [-0.05, 0) is 73.2 Å². The molecule has 156 valence electrons.